The van der Waals surface area contributed by atoms with Crippen LogP contribution in [0.15, 0.2) is 36.7 Å². The van der Waals surface area contributed by atoms with Gasteiger partial charge >= 0.3 is 0 Å². The number of nitrogens with one attached hydrogen (secondary N) is 2. The molecule has 0 aliphatic carbocycles. The van der Waals surface area contributed by atoms with E-state index in [1.54, 1.807) is 10.9 Å². The van der Waals surface area contributed by atoms with Crippen LogP contribution in [0.1, 0.15) is 24.5 Å². The zero-order chi connectivity index (χ0) is 19.9. The second-order valence-electron chi connectivity index (χ2n) is 6.86. The summed E-state index contributed by atoms with van der Waals surface area (Å²) in [5, 5.41) is 9.82. The summed E-state index contributed by atoms with van der Waals surface area (Å²) in [6.07, 6.45) is 3.70. The minimum atomic E-state index is -0.478. The van der Waals surface area contributed by atoms with Gasteiger partial charge in [0.15, 0.2) is 0 Å². The molecule has 8 heteroatoms. The SMILES string of the molecule is CCOc1ccc(CN2CCNC(=O)[C@H]2CC(=O)NCc2cnn(C)c2)cc1. The second kappa shape index (κ2) is 9.36. The van der Waals surface area contributed by atoms with Gasteiger partial charge in [-0.1, -0.05) is 12.1 Å². The molecule has 0 spiro atoms. The first kappa shape index (κ1) is 19.9. The Kier molecular flexibility index (Phi) is 6.65. The molecule has 0 saturated carbocycles. The van der Waals surface area contributed by atoms with E-state index in [1.807, 2.05) is 44.4 Å². The van der Waals surface area contributed by atoms with Crippen LogP contribution in [0.25, 0.3) is 0 Å². The molecule has 1 aromatic heterocycles. The van der Waals surface area contributed by atoms with Gasteiger partial charge in [0, 0.05) is 45.0 Å². The second-order valence-corrected chi connectivity index (χ2v) is 6.86. The van der Waals surface area contributed by atoms with Gasteiger partial charge in [0.25, 0.3) is 0 Å². The maximum absolute atomic E-state index is 12.4. The van der Waals surface area contributed by atoms with Crippen LogP contribution in [0.3, 0.4) is 0 Å². The number of ether oxygens (including phenoxy) is 1. The molecule has 1 aromatic carbocycles. The van der Waals surface area contributed by atoms with Gasteiger partial charge in [0.1, 0.15) is 5.75 Å². The summed E-state index contributed by atoms with van der Waals surface area (Å²) in [6.45, 7) is 4.88. The summed E-state index contributed by atoms with van der Waals surface area (Å²) >= 11 is 0. The quantitative estimate of drug-likeness (QED) is 0.703. The first-order valence-electron chi connectivity index (χ1n) is 9.53. The average Bonchev–Trinajstić information content (AvgIpc) is 3.10. The molecule has 28 heavy (non-hydrogen) atoms. The van der Waals surface area contributed by atoms with Crippen molar-refractivity contribution in [3.8, 4) is 5.75 Å². The van der Waals surface area contributed by atoms with Crippen molar-refractivity contribution in [3.63, 3.8) is 0 Å². The Balaban J connectivity index is 1.58. The highest BCUT2D eigenvalue weighted by molar-refractivity contribution is 5.88. The molecule has 0 bridgehead atoms. The van der Waals surface area contributed by atoms with Gasteiger partial charge in [-0.3, -0.25) is 19.2 Å². The molecule has 0 radical (unpaired) electrons. The van der Waals surface area contributed by atoms with Crippen molar-refractivity contribution in [2.45, 2.75) is 32.5 Å². The van der Waals surface area contributed by atoms with Crippen LogP contribution in [0.5, 0.6) is 5.75 Å². The molecule has 2 aromatic rings. The van der Waals surface area contributed by atoms with Crippen molar-refractivity contribution in [2.75, 3.05) is 19.7 Å². The Morgan fingerprint density at radius 3 is 2.79 bits per heavy atom. The van der Waals surface area contributed by atoms with E-state index in [0.717, 1.165) is 16.9 Å². The minimum Gasteiger partial charge on any atom is -0.494 e. The average molecular weight is 385 g/mol. The highest BCUT2D eigenvalue weighted by Crippen LogP contribution is 2.17. The van der Waals surface area contributed by atoms with E-state index in [9.17, 15) is 9.59 Å². The topological polar surface area (TPSA) is 88.5 Å². The Bertz CT molecular complexity index is 802. The van der Waals surface area contributed by atoms with Crippen molar-refractivity contribution in [2.24, 2.45) is 7.05 Å². The molecule has 2 amide bonds. The van der Waals surface area contributed by atoms with Crippen LogP contribution in [0.4, 0.5) is 0 Å². The van der Waals surface area contributed by atoms with Crippen LogP contribution >= 0.6 is 0 Å². The molecule has 1 aliphatic rings. The number of hydrogen-bond donors (Lipinski definition) is 2. The van der Waals surface area contributed by atoms with Crippen molar-refractivity contribution < 1.29 is 14.3 Å². The molecule has 3 rings (SSSR count). The number of piperazine rings is 1. The minimum absolute atomic E-state index is 0.103. The molecule has 1 fully saturated rings. The normalized spacial score (nSPS) is 17.2. The van der Waals surface area contributed by atoms with Gasteiger partial charge in [0.2, 0.25) is 11.8 Å². The van der Waals surface area contributed by atoms with Crippen molar-refractivity contribution in [1.29, 1.82) is 0 Å². The molecule has 8 nitrogen and oxygen atoms in total. The Labute approximate surface area is 164 Å². The van der Waals surface area contributed by atoms with Crippen molar-refractivity contribution in [3.05, 3.63) is 47.8 Å². The third kappa shape index (κ3) is 5.32. The number of carbonyl (C=O) groups is 2. The predicted octanol–water partition coefficient (Wildman–Crippen LogP) is 0.826. The molecule has 0 unspecified atom stereocenters. The molecular formula is C20H27N5O3. The monoisotopic (exact) mass is 385 g/mol. The Hall–Kier alpha value is -2.87. The van der Waals surface area contributed by atoms with Crippen LogP contribution in [-0.4, -0.2) is 52.2 Å². The number of aryl methyl sites for hydroxylation is 1. The van der Waals surface area contributed by atoms with Crippen molar-refractivity contribution in [1.82, 2.24) is 25.3 Å². The van der Waals surface area contributed by atoms with Gasteiger partial charge in [-0.05, 0) is 24.6 Å². The van der Waals surface area contributed by atoms with E-state index in [-0.39, 0.29) is 18.2 Å². The zero-order valence-electron chi connectivity index (χ0n) is 16.4. The highest BCUT2D eigenvalue weighted by Gasteiger charge is 2.31. The van der Waals surface area contributed by atoms with Gasteiger partial charge in [-0.2, -0.15) is 5.10 Å². The third-order valence-corrected chi connectivity index (χ3v) is 4.69. The van der Waals surface area contributed by atoms with Crippen LogP contribution in [0, 0.1) is 0 Å². The van der Waals surface area contributed by atoms with E-state index in [2.05, 4.69) is 20.6 Å². The highest BCUT2D eigenvalue weighted by atomic mass is 16.5. The fourth-order valence-corrected chi connectivity index (χ4v) is 3.28. The number of hydrogen-bond acceptors (Lipinski definition) is 5. The van der Waals surface area contributed by atoms with E-state index >= 15 is 0 Å². The summed E-state index contributed by atoms with van der Waals surface area (Å²) in [4.78, 5) is 26.8. The first-order valence-corrected chi connectivity index (χ1v) is 9.53. The predicted molar refractivity (Wildman–Crippen MR) is 104 cm³/mol. The van der Waals surface area contributed by atoms with Crippen LogP contribution in [-0.2, 0) is 29.7 Å². The summed E-state index contributed by atoms with van der Waals surface area (Å²) in [7, 11) is 1.83. The molecule has 1 saturated heterocycles. The van der Waals surface area contributed by atoms with Gasteiger partial charge in [-0.15, -0.1) is 0 Å². The number of carbonyl (C=O) groups excluding carboxylic acids is 2. The summed E-state index contributed by atoms with van der Waals surface area (Å²) in [5.74, 6) is 0.574. The lowest BCUT2D eigenvalue weighted by Gasteiger charge is -2.34. The molecular weight excluding hydrogens is 358 g/mol. The van der Waals surface area contributed by atoms with Crippen molar-refractivity contribution >= 4 is 11.8 Å². The van der Waals surface area contributed by atoms with E-state index < -0.39 is 6.04 Å². The summed E-state index contributed by atoms with van der Waals surface area (Å²) in [6, 6.07) is 7.37. The number of nitrogens with zero attached hydrogens (tertiary/aromatic N) is 3. The Morgan fingerprint density at radius 2 is 2.11 bits per heavy atom. The molecule has 2 N–H and O–H groups in total. The largest absolute Gasteiger partial charge is 0.494 e. The lowest BCUT2D eigenvalue weighted by Crippen LogP contribution is -2.56. The van der Waals surface area contributed by atoms with Gasteiger partial charge < -0.3 is 15.4 Å². The fourth-order valence-electron chi connectivity index (χ4n) is 3.28. The molecule has 1 aliphatic heterocycles. The van der Waals surface area contributed by atoms with Gasteiger partial charge in [-0.25, -0.2) is 0 Å². The first-order chi connectivity index (χ1) is 13.5. The summed E-state index contributed by atoms with van der Waals surface area (Å²) < 4.78 is 7.16. The number of aromatic nitrogens is 2. The zero-order valence-corrected chi connectivity index (χ0v) is 16.4. The van der Waals surface area contributed by atoms with Crippen LogP contribution in [0.2, 0.25) is 0 Å². The fraction of sp³-hybridized carbons (Fsp3) is 0.450. The maximum Gasteiger partial charge on any atom is 0.237 e. The van der Waals surface area contributed by atoms with E-state index in [4.69, 9.17) is 4.74 Å². The molecule has 150 valence electrons. The van der Waals surface area contributed by atoms with Crippen LogP contribution < -0.4 is 15.4 Å². The maximum atomic E-state index is 12.4. The summed E-state index contributed by atoms with van der Waals surface area (Å²) in [5.41, 5.74) is 2.01. The standard InChI is InChI=1S/C20H27N5O3/c1-3-28-17-6-4-15(5-7-17)14-25-9-8-21-20(27)18(25)10-19(26)22-11-16-12-23-24(2)13-16/h4-7,12-13,18H,3,8-11,14H2,1-2H3,(H,21,27)(H,22,26)/t18-/m1/s1. The van der Waals surface area contributed by atoms with E-state index in [0.29, 0.717) is 32.8 Å². The molecule has 1 atom stereocenters. The van der Waals surface area contributed by atoms with Gasteiger partial charge in [0.05, 0.1) is 25.3 Å². The smallest absolute Gasteiger partial charge is 0.237 e. The van der Waals surface area contributed by atoms with E-state index in [1.165, 1.54) is 0 Å². The number of rotatable bonds is 8. The lowest BCUT2D eigenvalue weighted by atomic mass is 10.1. The number of amides is 2. The third-order valence-electron chi connectivity index (χ3n) is 4.69. The lowest BCUT2D eigenvalue weighted by molar-refractivity contribution is -0.134. The molecule has 2 heterocycles. The Morgan fingerprint density at radius 1 is 1.32 bits per heavy atom. The number of benzene rings is 1.